The van der Waals surface area contributed by atoms with Gasteiger partial charge in [-0.25, -0.2) is 0 Å². The van der Waals surface area contributed by atoms with E-state index in [-0.39, 0.29) is 24.7 Å². The van der Waals surface area contributed by atoms with Crippen molar-refractivity contribution >= 4 is 11.8 Å². The summed E-state index contributed by atoms with van der Waals surface area (Å²) in [6, 6.07) is 5.02. The molecule has 1 aromatic rings. The van der Waals surface area contributed by atoms with Crippen molar-refractivity contribution in [2.24, 2.45) is 5.92 Å². The second kappa shape index (κ2) is 5.08. The number of benzene rings is 1. The topological polar surface area (TPSA) is 72.8 Å². The van der Waals surface area contributed by atoms with Gasteiger partial charge in [-0.05, 0) is 18.6 Å². The van der Waals surface area contributed by atoms with Crippen LogP contribution in [0.4, 0.5) is 0 Å². The summed E-state index contributed by atoms with van der Waals surface area (Å²) in [5, 5.41) is 8.63. The van der Waals surface area contributed by atoms with E-state index in [9.17, 15) is 9.59 Å². The summed E-state index contributed by atoms with van der Waals surface area (Å²) in [4.78, 5) is 22.6. The number of ether oxygens (including phenoxy) is 2. The summed E-state index contributed by atoms with van der Waals surface area (Å²) in [7, 11) is 1.54. The highest BCUT2D eigenvalue weighted by molar-refractivity contribution is 6.01. The SMILES string of the molecule is COc1ccc2c(c1)OCC(CCC(=O)O)C2=O. The number of Topliss-reactive ketones (excluding diaryl/α,β-unsaturated/α-hetero) is 1. The number of carboxylic acid groups (broad SMARTS) is 1. The molecule has 0 saturated carbocycles. The molecule has 0 aromatic heterocycles. The Morgan fingerprint density at radius 2 is 2.33 bits per heavy atom. The average Bonchev–Trinajstić information content (AvgIpc) is 2.37. The van der Waals surface area contributed by atoms with Crippen LogP contribution in [0.2, 0.25) is 0 Å². The maximum absolute atomic E-state index is 12.1. The van der Waals surface area contributed by atoms with Gasteiger partial charge in [-0.15, -0.1) is 0 Å². The van der Waals surface area contributed by atoms with Crippen molar-refractivity contribution in [3.8, 4) is 11.5 Å². The first-order chi connectivity index (χ1) is 8.61. The van der Waals surface area contributed by atoms with Gasteiger partial charge in [-0.1, -0.05) is 0 Å². The molecule has 1 unspecified atom stereocenters. The summed E-state index contributed by atoms with van der Waals surface area (Å²) in [6.45, 7) is 0.228. The van der Waals surface area contributed by atoms with Crippen LogP contribution in [0.25, 0.3) is 0 Å². The van der Waals surface area contributed by atoms with E-state index in [4.69, 9.17) is 14.6 Å². The van der Waals surface area contributed by atoms with Crippen LogP contribution in [-0.2, 0) is 4.79 Å². The van der Waals surface area contributed by atoms with Crippen LogP contribution < -0.4 is 9.47 Å². The molecule has 5 nitrogen and oxygen atoms in total. The van der Waals surface area contributed by atoms with Crippen LogP contribution >= 0.6 is 0 Å². The second-order valence-corrected chi connectivity index (χ2v) is 4.17. The van der Waals surface area contributed by atoms with Gasteiger partial charge in [0.25, 0.3) is 0 Å². The van der Waals surface area contributed by atoms with Crippen molar-refractivity contribution < 1.29 is 24.2 Å². The van der Waals surface area contributed by atoms with Gasteiger partial charge in [0.2, 0.25) is 0 Å². The van der Waals surface area contributed by atoms with Crippen LogP contribution in [0.1, 0.15) is 23.2 Å². The fourth-order valence-electron chi connectivity index (χ4n) is 1.95. The molecule has 0 radical (unpaired) electrons. The minimum Gasteiger partial charge on any atom is -0.497 e. The first-order valence-electron chi connectivity index (χ1n) is 5.68. The monoisotopic (exact) mass is 250 g/mol. The molecule has 0 fully saturated rings. The van der Waals surface area contributed by atoms with Crippen LogP contribution in [0, 0.1) is 5.92 Å². The summed E-state index contributed by atoms with van der Waals surface area (Å²) in [5.41, 5.74) is 0.498. The zero-order valence-corrected chi connectivity index (χ0v) is 10.0. The fourth-order valence-corrected chi connectivity index (χ4v) is 1.95. The number of methoxy groups -OCH3 is 1. The lowest BCUT2D eigenvalue weighted by molar-refractivity contribution is -0.137. The average molecular weight is 250 g/mol. The fraction of sp³-hybridized carbons (Fsp3) is 0.385. The zero-order chi connectivity index (χ0) is 13.1. The van der Waals surface area contributed by atoms with Crippen molar-refractivity contribution in [2.75, 3.05) is 13.7 Å². The largest absolute Gasteiger partial charge is 0.497 e. The summed E-state index contributed by atoms with van der Waals surface area (Å²) in [5.74, 6) is -0.193. The number of rotatable bonds is 4. The zero-order valence-electron chi connectivity index (χ0n) is 10.0. The molecule has 1 aliphatic rings. The molecule has 18 heavy (non-hydrogen) atoms. The van der Waals surface area contributed by atoms with Gasteiger partial charge in [0, 0.05) is 12.5 Å². The minimum absolute atomic E-state index is 0.0226. The van der Waals surface area contributed by atoms with Crippen LogP contribution in [0.5, 0.6) is 11.5 Å². The highest BCUT2D eigenvalue weighted by Gasteiger charge is 2.29. The Morgan fingerprint density at radius 3 is 3.00 bits per heavy atom. The maximum Gasteiger partial charge on any atom is 0.303 e. The molecule has 5 heteroatoms. The van der Waals surface area contributed by atoms with Crippen molar-refractivity contribution in [3.05, 3.63) is 23.8 Å². The Morgan fingerprint density at radius 1 is 1.56 bits per heavy atom. The van der Waals surface area contributed by atoms with Crippen LogP contribution in [0.3, 0.4) is 0 Å². The molecule has 1 atom stereocenters. The van der Waals surface area contributed by atoms with Gasteiger partial charge in [-0.3, -0.25) is 9.59 Å². The van der Waals surface area contributed by atoms with E-state index in [0.717, 1.165) is 0 Å². The first kappa shape index (κ1) is 12.4. The minimum atomic E-state index is -0.900. The third kappa shape index (κ3) is 2.45. The Hall–Kier alpha value is -2.04. The summed E-state index contributed by atoms with van der Waals surface area (Å²) in [6.07, 6.45) is 0.283. The Labute approximate surface area is 104 Å². The van der Waals surface area contributed by atoms with E-state index in [1.807, 2.05) is 0 Å². The standard InChI is InChI=1S/C13H14O5/c1-17-9-3-4-10-11(6-9)18-7-8(13(10)16)2-5-12(14)15/h3-4,6,8H,2,5,7H2,1H3,(H,14,15). The number of aliphatic carboxylic acids is 1. The number of ketones is 1. The smallest absolute Gasteiger partial charge is 0.303 e. The number of carboxylic acids is 1. The predicted octanol–water partition coefficient (Wildman–Crippen LogP) is 1.75. The summed E-state index contributed by atoms with van der Waals surface area (Å²) < 4.78 is 10.5. The Kier molecular flexibility index (Phi) is 3.50. The maximum atomic E-state index is 12.1. The molecular weight excluding hydrogens is 236 g/mol. The molecule has 0 amide bonds. The van der Waals surface area contributed by atoms with E-state index in [1.165, 1.54) is 0 Å². The van der Waals surface area contributed by atoms with Gasteiger partial charge in [-0.2, -0.15) is 0 Å². The molecule has 0 bridgehead atoms. The van der Waals surface area contributed by atoms with E-state index in [1.54, 1.807) is 25.3 Å². The summed E-state index contributed by atoms with van der Waals surface area (Å²) >= 11 is 0. The molecule has 2 rings (SSSR count). The molecule has 1 heterocycles. The second-order valence-electron chi connectivity index (χ2n) is 4.17. The van der Waals surface area contributed by atoms with Gasteiger partial charge in [0.1, 0.15) is 11.5 Å². The van der Waals surface area contributed by atoms with E-state index in [2.05, 4.69) is 0 Å². The van der Waals surface area contributed by atoms with Crippen molar-refractivity contribution in [3.63, 3.8) is 0 Å². The van der Waals surface area contributed by atoms with Crippen LogP contribution in [0.15, 0.2) is 18.2 Å². The molecule has 0 spiro atoms. The van der Waals surface area contributed by atoms with Gasteiger partial charge in [0.15, 0.2) is 5.78 Å². The predicted molar refractivity (Wildman–Crippen MR) is 63.2 cm³/mol. The molecule has 0 aliphatic carbocycles. The first-order valence-corrected chi connectivity index (χ1v) is 5.68. The lowest BCUT2D eigenvalue weighted by Gasteiger charge is -2.24. The number of hydrogen-bond donors (Lipinski definition) is 1. The number of hydrogen-bond acceptors (Lipinski definition) is 4. The molecule has 1 aromatic carbocycles. The van der Waals surface area contributed by atoms with Crippen LogP contribution in [-0.4, -0.2) is 30.6 Å². The Bertz CT molecular complexity index is 480. The molecule has 1 aliphatic heterocycles. The molecular formula is C13H14O5. The Balaban J connectivity index is 2.15. The van der Waals surface area contributed by atoms with E-state index >= 15 is 0 Å². The molecule has 1 N–H and O–H groups in total. The third-order valence-corrected chi connectivity index (χ3v) is 2.97. The van der Waals surface area contributed by atoms with Crippen molar-refractivity contribution in [1.82, 2.24) is 0 Å². The van der Waals surface area contributed by atoms with E-state index in [0.29, 0.717) is 23.5 Å². The van der Waals surface area contributed by atoms with Gasteiger partial charge in [0.05, 0.1) is 25.2 Å². The lowest BCUT2D eigenvalue weighted by atomic mass is 9.91. The number of carbonyl (C=O) groups excluding carboxylic acids is 1. The normalized spacial score (nSPS) is 17.8. The number of fused-ring (bicyclic) bond motifs is 1. The van der Waals surface area contributed by atoms with E-state index < -0.39 is 5.97 Å². The highest BCUT2D eigenvalue weighted by atomic mass is 16.5. The van der Waals surface area contributed by atoms with Crippen molar-refractivity contribution in [1.29, 1.82) is 0 Å². The molecule has 0 saturated heterocycles. The lowest BCUT2D eigenvalue weighted by Crippen LogP contribution is -2.28. The number of carbonyl (C=O) groups is 2. The highest BCUT2D eigenvalue weighted by Crippen LogP contribution is 2.32. The quantitative estimate of drug-likeness (QED) is 0.881. The van der Waals surface area contributed by atoms with Gasteiger partial charge >= 0.3 is 5.97 Å². The third-order valence-electron chi connectivity index (χ3n) is 2.97. The van der Waals surface area contributed by atoms with Crippen molar-refractivity contribution in [2.45, 2.75) is 12.8 Å². The van der Waals surface area contributed by atoms with Gasteiger partial charge < -0.3 is 14.6 Å². The molecule has 96 valence electrons.